The fraction of sp³-hybridized carbons (Fsp3) is 0.312. The smallest absolute Gasteiger partial charge is 0.101 e. The van der Waals surface area contributed by atoms with Crippen molar-refractivity contribution in [1.82, 2.24) is 10.3 Å². The number of thiophene rings is 1. The van der Waals surface area contributed by atoms with E-state index in [0.717, 1.165) is 22.0 Å². The first-order chi connectivity index (χ1) is 10.3. The molecule has 2 heterocycles. The van der Waals surface area contributed by atoms with Crippen molar-refractivity contribution in [3.8, 4) is 0 Å². The highest BCUT2D eigenvalue weighted by Crippen LogP contribution is 2.29. The highest BCUT2D eigenvalue weighted by Gasteiger charge is 2.11. The largest absolute Gasteiger partial charge is 0.386 e. The molecule has 0 aliphatic heterocycles. The quantitative estimate of drug-likeness (QED) is 0.727. The first-order valence-corrected chi connectivity index (χ1v) is 8.76. The third-order valence-electron chi connectivity index (χ3n) is 3.32. The van der Waals surface area contributed by atoms with Crippen molar-refractivity contribution < 1.29 is 5.11 Å². The van der Waals surface area contributed by atoms with Crippen LogP contribution in [0.25, 0.3) is 10.1 Å². The van der Waals surface area contributed by atoms with Crippen molar-refractivity contribution in [3.63, 3.8) is 0 Å². The van der Waals surface area contributed by atoms with Gasteiger partial charge in [-0.15, -0.1) is 22.7 Å². The molecule has 0 spiro atoms. The van der Waals surface area contributed by atoms with Gasteiger partial charge >= 0.3 is 0 Å². The Hall–Kier alpha value is -1.27. The topological polar surface area (TPSA) is 45.2 Å². The monoisotopic (exact) mass is 318 g/mol. The van der Waals surface area contributed by atoms with E-state index in [1.807, 2.05) is 12.1 Å². The SMILES string of the molecule is CCc1nc(CNCC(O)c2cc3ccccc3s2)cs1. The number of aliphatic hydroxyl groups is 1. The zero-order chi connectivity index (χ0) is 14.7. The van der Waals surface area contributed by atoms with Crippen LogP contribution in [0, 0.1) is 0 Å². The molecular weight excluding hydrogens is 300 g/mol. The number of aromatic nitrogens is 1. The molecule has 5 heteroatoms. The lowest BCUT2D eigenvalue weighted by Crippen LogP contribution is -2.20. The minimum absolute atomic E-state index is 0.466. The normalized spacial score (nSPS) is 12.9. The molecule has 0 saturated carbocycles. The number of thiazole rings is 1. The van der Waals surface area contributed by atoms with Gasteiger partial charge < -0.3 is 10.4 Å². The van der Waals surface area contributed by atoms with Crippen molar-refractivity contribution in [2.24, 2.45) is 0 Å². The third-order valence-corrected chi connectivity index (χ3v) is 5.58. The van der Waals surface area contributed by atoms with Gasteiger partial charge in [0, 0.05) is 28.0 Å². The number of nitrogens with zero attached hydrogens (tertiary/aromatic N) is 1. The molecular formula is C16H18N2OS2. The predicted octanol–water partition coefficient (Wildman–Crippen LogP) is 3.74. The summed E-state index contributed by atoms with van der Waals surface area (Å²) in [7, 11) is 0. The van der Waals surface area contributed by atoms with E-state index in [0.29, 0.717) is 13.1 Å². The summed E-state index contributed by atoms with van der Waals surface area (Å²) in [6, 6.07) is 10.3. The van der Waals surface area contributed by atoms with E-state index in [1.54, 1.807) is 22.7 Å². The van der Waals surface area contributed by atoms with Gasteiger partial charge in [-0.1, -0.05) is 25.1 Å². The molecule has 0 aliphatic rings. The van der Waals surface area contributed by atoms with Crippen molar-refractivity contribution in [2.75, 3.05) is 6.54 Å². The van der Waals surface area contributed by atoms with Crippen LogP contribution in [-0.2, 0) is 13.0 Å². The van der Waals surface area contributed by atoms with E-state index in [1.165, 1.54) is 10.1 Å². The highest BCUT2D eigenvalue weighted by molar-refractivity contribution is 7.19. The maximum absolute atomic E-state index is 10.3. The number of rotatable bonds is 6. The molecule has 3 rings (SSSR count). The number of benzene rings is 1. The van der Waals surface area contributed by atoms with Gasteiger partial charge in [0.2, 0.25) is 0 Å². The van der Waals surface area contributed by atoms with E-state index in [9.17, 15) is 5.11 Å². The van der Waals surface area contributed by atoms with Gasteiger partial charge in [-0.3, -0.25) is 0 Å². The van der Waals surface area contributed by atoms with Gasteiger partial charge in [0.15, 0.2) is 0 Å². The lowest BCUT2D eigenvalue weighted by molar-refractivity contribution is 0.178. The Bertz CT molecular complexity index is 687. The van der Waals surface area contributed by atoms with Crippen LogP contribution in [0.1, 0.15) is 28.6 Å². The van der Waals surface area contributed by atoms with Gasteiger partial charge in [0.1, 0.15) is 6.10 Å². The lowest BCUT2D eigenvalue weighted by atomic mass is 10.2. The molecule has 3 aromatic rings. The van der Waals surface area contributed by atoms with E-state index < -0.39 is 6.10 Å². The molecule has 2 N–H and O–H groups in total. The molecule has 0 fully saturated rings. The summed E-state index contributed by atoms with van der Waals surface area (Å²) in [4.78, 5) is 5.52. The summed E-state index contributed by atoms with van der Waals surface area (Å²) in [5.41, 5.74) is 1.06. The Labute approximate surface area is 132 Å². The molecule has 1 unspecified atom stereocenters. The Morgan fingerprint density at radius 3 is 2.95 bits per heavy atom. The first kappa shape index (κ1) is 14.7. The van der Waals surface area contributed by atoms with E-state index in [-0.39, 0.29) is 0 Å². The Morgan fingerprint density at radius 1 is 1.33 bits per heavy atom. The Morgan fingerprint density at radius 2 is 2.19 bits per heavy atom. The number of hydrogen-bond donors (Lipinski definition) is 2. The maximum atomic E-state index is 10.3. The predicted molar refractivity (Wildman–Crippen MR) is 90.0 cm³/mol. The van der Waals surface area contributed by atoms with Gasteiger partial charge in [0.25, 0.3) is 0 Å². The third kappa shape index (κ3) is 3.49. The molecule has 110 valence electrons. The first-order valence-electron chi connectivity index (χ1n) is 7.07. The highest BCUT2D eigenvalue weighted by atomic mass is 32.1. The molecule has 0 saturated heterocycles. The molecule has 0 aliphatic carbocycles. The maximum Gasteiger partial charge on any atom is 0.101 e. The van der Waals surface area contributed by atoms with E-state index >= 15 is 0 Å². The number of aliphatic hydroxyl groups excluding tert-OH is 1. The van der Waals surface area contributed by atoms with Gasteiger partial charge in [-0.25, -0.2) is 4.98 Å². The van der Waals surface area contributed by atoms with Crippen LogP contribution >= 0.6 is 22.7 Å². The van der Waals surface area contributed by atoms with Gasteiger partial charge in [-0.2, -0.15) is 0 Å². The van der Waals surface area contributed by atoms with Crippen LogP contribution in [-0.4, -0.2) is 16.6 Å². The van der Waals surface area contributed by atoms with Gasteiger partial charge in [0.05, 0.1) is 10.7 Å². The van der Waals surface area contributed by atoms with E-state index in [2.05, 4.69) is 40.8 Å². The molecule has 1 aromatic carbocycles. The second-order valence-electron chi connectivity index (χ2n) is 4.92. The number of aryl methyl sites for hydroxylation is 1. The summed E-state index contributed by atoms with van der Waals surface area (Å²) in [5.74, 6) is 0. The average molecular weight is 318 g/mol. The number of hydrogen-bond acceptors (Lipinski definition) is 5. The van der Waals surface area contributed by atoms with Crippen molar-refractivity contribution in [1.29, 1.82) is 0 Å². The molecule has 0 radical (unpaired) electrons. The average Bonchev–Trinajstić information content (AvgIpc) is 3.13. The second-order valence-corrected chi connectivity index (χ2v) is 6.98. The molecule has 3 nitrogen and oxygen atoms in total. The fourth-order valence-electron chi connectivity index (χ4n) is 2.20. The number of nitrogens with one attached hydrogen (secondary N) is 1. The van der Waals surface area contributed by atoms with Crippen LogP contribution in [0.5, 0.6) is 0 Å². The summed E-state index contributed by atoms with van der Waals surface area (Å²) >= 11 is 3.35. The van der Waals surface area contributed by atoms with Crippen LogP contribution in [0.4, 0.5) is 0 Å². The van der Waals surface area contributed by atoms with E-state index in [4.69, 9.17) is 0 Å². The minimum atomic E-state index is -0.466. The summed E-state index contributed by atoms with van der Waals surface area (Å²) in [6.45, 7) is 3.37. The zero-order valence-electron chi connectivity index (χ0n) is 11.9. The van der Waals surface area contributed by atoms with Crippen molar-refractivity contribution in [3.05, 3.63) is 51.3 Å². The van der Waals surface area contributed by atoms with Crippen LogP contribution < -0.4 is 5.32 Å². The molecule has 0 bridgehead atoms. The minimum Gasteiger partial charge on any atom is -0.386 e. The van der Waals surface area contributed by atoms with Crippen LogP contribution in [0.15, 0.2) is 35.7 Å². The Kier molecular flexibility index (Phi) is 4.65. The lowest BCUT2D eigenvalue weighted by Gasteiger charge is -2.08. The molecule has 0 amide bonds. The molecule has 2 aromatic heterocycles. The standard InChI is InChI=1S/C16H18N2OS2/c1-2-16-18-12(10-20-16)8-17-9-13(19)15-7-11-5-3-4-6-14(11)21-15/h3-7,10,13,17,19H,2,8-9H2,1H3. The van der Waals surface area contributed by atoms with Crippen molar-refractivity contribution >= 4 is 32.8 Å². The molecule has 1 atom stereocenters. The van der Waals surface area contributed by atoms with Crippen LogP contribution in [0.2, 0.25) is 0 Å². The number of fused-ring (bicyclic) bond motifs is 1. The summed E-state index contributed by atoms with van der Waals surface area (Å²) in [5, 5.41) is 18.0. The molecule has 21 heavy (non-hydrogen) atoms. The van der Waals surface area contributed by atoms with Crippen molar-refractivity contribution in [2.45, 2.75) is 26.0 Å². The van der Waals surface area contributed by atoms with Crippen LogP contribution in [0.3, 0.4) is 0 Å². The second kappa shape index (κ2) is 6.66. The fourth-order valence-corrected chi connectivity index (χ4v) is 3.99. The summed E-state index contributed by atoms with van der Waals surface area (Å²) < 4.78 is 1.22. The zero-order valence-corrected chi connectivity index (χ0v) is 13.5. The summed E-state index contributed by atoms with van der Waals surface area (Å²) in [6.07, 6.45) is 0.515. The van der Waals surface area contributed by atoms with Gasteiger partial charge in [-0.05, 0) is 23.9 Å². The Balaban J connectivity index is 1.57.